The molecule has 11 aromatic rings. The van der Waals surface area contributed by atoms with Gasteiger partial charge in [0.25, 0.3) is 0 Å². The van der Waals surface area contributed by atoms with Gasteiger partial charge >= 0.3 is 0 Å². The first-order valence-electron chi connectivity index (χ1n) is 20.1. The predicted octanol–water partition coefficient (Wildman–Crippen LogP) is 12.7. The highest BCUT2D eigenvalue weighted by molar-refractivity contribution is 6.12. The second kappa shape index (κ2) is 12.1. The SMILES string of the molecule is N#Cc1c(-n2c3ccccc3c3ccccc32)cccc1-n1c2ccccc2c2cc(-c3ccc4c(c3)C3(c5ccccc5O4)c4cccnc4-c4ncccc43)ccc21. The highest BCUT2D eigenvalue weighted by atomic mass is 16.5. The van der Waals surface area contributed by atoms with Crippen molar-refractivity contribution in [3.05, 3.63) is 216 Å². The van der Waals surface area contributed by atoms with E-state index in [1.54, 1.807) is 0 Å². The third-order valence-corrected chi connectivity index (χ3v) is 12.7. The van der Waals surface area contributed by atoms with Crippen LogP contribution in [0.3, 0.4) is 0 Å². The number of para-hydroxylation sites is 4. The van der Waals surface area contributed by atoms with Crippen molar-refractivity contribution in [3.8, 4) is 51.5 Å². The number of hydrogen-bond acceptors (Lipinski definition) is 4. The molecule has 1 spiro atoms. The quantitative estimate of drug-likeness (QED) is 0.180. The fourth-order valence-electron chi connectivity index (χ4n) is 10.3. The Balaban J connectivity index is 1.02. The van der Waals surface area contributed by atoms with Crippen LogP contribution < -0.4 is 4.74 Å². The van der Waals surface area contributed by atoms with Gasteiger partial charge in [0, 0.05) is 45.1 Å². The van der Waals surface area contributed by atoms with E-state index in [0.29, 0.717) is 5.56 Å². The van der Waals surface area contributed by atoms with E-state index in [1.165, 1.54) is 0 Å². The largest absolute Gasteiger partial charge is 0.457 e. The summed E-state index contributed by atoms with van der Waals surface area (Å²) >= 11 is 0. The van der Waals surface area contributed by atoms with Gasteiger partial charge in [0.2, 0.25) is 0 Å². The van der Waals surface area contributed by atoms with E-state index in [0.717, 1.165) is 111 Å². The van der Waals surface area contributed by atoms with Crippen LogP contribution in [-0.4, -0.2) is 19.1 Å². The number of hydrogen-bond donors (Lipinski definition) is 0. The van der Waals surface area contributed by atoms with Crippen LogP contribution in [0.15, 0.2) is 188 Å². The molecule has 60 heavy (non-hydrogen) atoms. The lowest BCUT2D eigenvalue weighted by Gasteiger charge is -2.39. The molecule has 1 aliphatic heterocycles. The van der Waals surface area contributed by atoms with E-state index in [9.17, 15) is 5.26 Å². The fraction of sp³-hybridized carbons (Fsp3) is 0.0185. The highest BCUT2D eigenvalue weighted by Crippen LogP contribution is 2.61. The van der Waals surface area contributed by atoms with Gasteiger partial charge in [0.05, 0.1) is 50.2 Å². The smallest absolute Gasteiger partial charge is 0.132 e. The number of benzene rings is 7. The first kappa shape index (κ1) is 32.8. The second-order valence-corrected chi connectivity index (χ2v) is 15.6. The predicted molar refractivity (Wildman–Crippen MR) is 238 cm³/mol. The molecule has 1 aliphatic carbocycles. The summed E-state index contributed by atoms with van der Waals surface area (Å²) < 4.78 is 11.2. The summed E-state index contributed by atoms with van der Waals surface area (Å²) in [4.78, 5) is 9.80. The Morgan fingerprint density at radius 3 is 1.57 bits per heavy atom. The van der Waals surface area contributed by atoms with Crippen LogP contribution in [0.25, 0.3) is 77.5 Å². The Morgan fingerprint density at radius 1 is 0.433 bits per heavy atom. The Morgan fingerprint density at radius 2 is 0.933 bits per heavy atom. The van der Waals surface area contributed by atoms with Gasteiger partial charge in [-0.2, -0.15) is 5.26 Å². The monoisotopic (exact) mass is 765 g/mol. The molecular weight excluding hydrogens is 735 g/mol. The molecule has 0 saturated carbocycles. The molecule has 5 heterocycles. The Kier molecular flexibility index (Phi) is 6.62. The highest BCUT2D eigenvalue weighted by Gasteiger charge is 2.52. The zero-order chi connectivity index (χ0) is 39.5. The molecule has 4 aromatic heterocycles. The molecule has 6 nitrogen and oxygen atoms in total. The van der Waals surface area contributed by atoms with E-state index < -0.39 is 5.41 Å². The number of fused-ring (bicyclic) bond motifs is 15. The summed E-state index contributed by atoms with van der Waals surface area (Å²) in [7, 11) is 0. The molecule has 13 rings (SSSR count). The molecule has 0 N–H and O–H groups in total. The van der Waals surface area contributed by atoms with E-state index in [1.807, 2.05) is 30.6 Å². The molecule has 0 amide bonds. The molecule has 0 radical (unpaired) electrons. The topological polar surface area (TPSA) is 68.7 Å². The number of aromatic nitrogens is 4. The van der Waals surface area contributed by atoms with Gasteiger partial charge in [-0.05, 0) is 95.1 Å². The molecule has 0 saturated heterocycles. The summed E-state index contributed by atoms with van der Waals surface area (Å²) in [5, 5.41) is 15.6. The van der Waals surface area contributed by atoms with Crippen LogP contribution in [0, 0.1) is 11.3 Å². The lowest BCUT2D eigenvalue weighted by atomic mass is 9.66. The molecule has 0 bridgehead atoms. The molecule has 0 atom stereocenters. The fourth-order valence-corrected chi connectivity index (χ4v) is 10.3. The third-order valence-electron chi connectivity index (χ3n) is 12.7. The number of nitrogens with zero attached hydrogens (tertiary/aromatic N) is 5. The zero-order valence-corrected chi connectivity index (χ0v) is 32.0. The minimum absolute atomic E-state index is 0.608. The van der Waals surface area contributed by atoms with E-state index in [2.05, 4.69) is 173 Å². The minimum atomic E-state index is -0.664. The van der Waals surface area contributed by atoms with Crippen LogP contribution in [0.4, 0.5) is 0 Å². The van der Waals surface area contributed by atoms with Gasteiger partial charge in [-0.15, -0.1) is 0 Å². The van der Waals surface area contributed by atoms with Crippen molar-refractivity contribution in [2.45, 2.75) is 5.41 Å². The summed E-state index contributed by atoms with van der Waals surface area (Å²) in [6.07, 6.45) is 3.70. The van der Waals surface area contributed by atoms with Crippen molar-refractivity contribution >= 4 is 43.6 Å². The summed E-state index contributed by atoms with van der Waals surface area (Å²) in [5.41, 5.74) is 14.1. The molecular formula is C54H31N5O. The Labute approximate surface area is 344 Å². The summed E-state index contributed by atoms with van der Waals surface area (Å²) in [5.74, 6) is 1.64. The van der Waals surface area contributed by atoms with Crippen LogP contribution in [0.5, 0.6) is 11.5 Å². The van der Waals surface area contributed by atoms with Crippen LogP contribution in [0.2, 0.25) is 0 Å². The molecule has 7 aromatic carbocycles. The average molecular weight is 766 g/mol. The molecule has 0 fully saturated rings. The number of pyridine rings is 2. The first-order chi connectivity index (χ1) is 29.7. The molecule has 278 valence electrons. The maximum absolute atomic E-state index is 11.1. The average Bonchev–Trinajstić information content (AvgIpc) is 3.93. The lowest BCUT2D eigenvalue weighted by Crippen LogP contribution is -2.32. The second-order valence-electron chi connectivity index (χ2n) is 15.6. The molecule has 0 unspecified atom stereocenters. The maximum Gasteiger partial charge on any atom is 0.132 e. The van der Waals surface area contributed by atoms with E-state index >= 15 is 0 Å². The lowest BCUT2D eigenvalue weighted by molar-refractivity contribution is 0.436. The van der Waals surface area contributed by atoms with Crippen LogP contribution in [0.1, 0.15) is 27.8 Å². The van der Waals surface area contributed by atoms with Crippen molar-refractivity contribution in [2.24, 2.45) is 0 Å². The van der Waals surface area contributed by atoms with Crippen molar-refractivity contribution < 1.29 is 4.74 Å². The Bertz CT molecular complexity index is 3580. The normalized spacial score (nSPS) is 13.2. The van der Waals surface area contributed by atoms with Gasteiger partial charge < -0.3 is 13.9 Å². The molecule has 2 aliphatic rings. The first-order valence-corrected chi connectivity index (χ1v) is 20.1. The zero-order valence-electron chi connectivity index (χ0n) is 32.0. The van der Waals surface area contributed by atoms with Crippen molar-refractivity contribution in [3.63, 3.8) is 0 Å². The minimum Gasteiger partial charge on any atom is -0.457 e. The third kappa shape index (κ3) is 4.20. The van der Waals surface area contributed by atoms with Gasteiger partial charge in [-0.25, -0.2) is 0 Å². The number of nitriles is 1. The standard InChI is InChI=1S/C54H31N5O/c55-32-39-47(58-44-18-5-1-12-35(44)36-13-2-6-19-45(36)58)21-9-22-48(39)59-46-20-7-3-14-37(46)38-30-33(24-26-49(38)59)34-25-27-51-43(31-34)54(40-15-4-8-23-50(40)60-51)41-16-10-28-56-52(41)53-42(54)17-11-29-57-53/h1-31H. The van der Waals surface area contributed by atoms with Crippen LogP contribution in [-0.2, 0) is 5.41 Å². The van der Waals surface area contributed by atoms with Crippen LogP contribution >= 0.6 is 0 Å². The van der Waals surface area contributed by atoms with Crippen molar-refractivity contribution in [1.29, 1.82) is 5.26 Å². The maximum atomic E-state index is 11.1. The van der Waals surface area contributed by atoms with Gasteiger partial charge in [-0.3, -0.25) is 9.97 Å². The number of ether oxygens (including phenoxy) is 1. The van der Waals surface area contributed by atoms with E-state index in [-0.39, 0.29) is 0 Å². The van der Waals surface area contributed by atoms with Gasteiger partial charge in [-0.1, -0.05) is 103 Å². The number of rotatable bonds is 3. The van der Waals surface area contributed by atoms with Crippen molar-refractivity contribution in [1.82, 2.24) is 19.1 Å². The summed E-state index contributed by atoms with van der Waals surface area (Å²) in [6.45, 7) is 0. The van der Waals surface area contributed by atoms with Gasteiger partial charge in [0.1, 0.15) is 23.1 Å². The summed E-state index contributed by atoms with van der Waals surface area (Å²) in [6, 6.07) is 64.2. The van der Waals surface area contributed by atoms with E-state index in [4.69, 9.17) is 14.7 Å². The molecule has 6 heteroatoms. The Hall–Kier alpha value is -8.27. The van der Waals surface area contributed by atoms with Gasteiger partial charge in [0.15, 0.2) is 0 Å². The van der Waals surface area contributed by atoms with Crippen molar-refractivity contribution in [2.75, 3.05) is 0 Å².